The van der Waals surface area contributed by atoms with Crippen molar-refractivity contribution >= 4 is 17.3 Å². The van der Waals surface area contributed by atoms with Crippen molar-refractivity contribution < 1.29 is 15.0 Å². The molecule has 1 aliphatic rings. The SMILES string of the molecule is O=C(O)C1CC(O)(Cc2nccs2)C1. The molecule has 0 aliphatic heterocycles. The van der Waals surface area contributed by atoms with Gasteiger partial charge in [-0.15, -0.1) is 11.3 Å². The van der Waals surface area contributed by atoms with Gasteiger partial charge in [0, 0.05) is 18.0 Å². The first-order valence-electron chi connectivity index (χ1n) is 4.43. The molecule has 5 heteroatoms. The molecular weight excluding hydrogens is 202 g/mol. The van der Waals surface area contributed by atoms with Gasteiger partial charge in [0.1, 0.15) is 0 Å². The molecule has 0 radical (unpaired) electrons. The Bertz CT molecular complexity index is 330. The standard InChI is InChI=1S/C9H11NO3S/c11-8(12)6-3-9(13,4-6)5-7-10-1-2-14-7/h1-2,6,13H,3-5H2,(H,11,12). The molecule has 0 saturated heterocycles. The van der Waals surface area contributed by atoms with E-state index in [1.54, 1.807) is 6.20 Å². The molecule has 0 unspecified atom stereocenters. The number of rotatable bonds is 3. The second-order valence-corrected chi connectivity index (χ2v) is 4.75. The minimum atomic E-state index is -0.832. The van der Waals surface area contributed by atoms with Crippen LogP contribution in [0.2, 0.25) is 0 Å². The number of thiazole rings is 1. The molecule has 1 aromatic rings. The number of nitrogens with zero attached hydrogens (tertiary/aromatic N) is 1. The van der Waals surface area contributed by atoms with Gasteiger partial charge in [-0.1, -0.05) is 0 Å². The average Bonchev–Trinajstić information content (AvgIpc) is 2.51. The molecule has 1 aromatic heterocycles. The zero-order valence-corrected chi connectivity index (χ0v) is 8.33. The van der Waals surface area contributed by atoms with Crippen LogP contribution in [-0.2, 0) is 11.2 Å². The first-order chi connectivity index (χ1) is 6.59. The Kier molecular flexibility index (Phi) is 2.28. The van der Waals surface area contributed by atoms with Crippen molar-refractivity contribution in [1.29, 1.82) is 0 Å². The maximum Gasteiger partial charge on any atom is 0.306 e. The van der Waals surface area contributed by atoms with Gasteiger partial charge >= 0.3 is 5.97 Å². The van der Waals surface area contributed by atoms with E-state index in [0.29, 0.717) is 19.3 Å². The fraction of sp³-hybridized carbons (Fsp3) is 0.556. The van der Waals surface area contributed by atoms with Crippen LogP contribution in [0.15, 0.2) is 11.6 Å². The van der Waals surface area contributed by atoms with Gasteiger partial charge in [0.25, 0.3) is 0 Å². The highest BCUT2D eigenvalue weighted by Gasteiger charge is 2.46. The molecule has 2 N–H and O–H groups in total. The van der Waals surface area contributed by atoms with E-state index in [-0.39, 0.29) is 5.92 Å². The lowest BCUT2D eigenvalue weighted by molar-refractivity contribution is -0.158. The summed E-state index contributed by atoms with van der Waals surface area (Å²) in [6.07, 6.45) is 2.87. The second kappa shape index (κ2) is 3.33. The van der Waals surface area contributed by atoms with E-state index in [1.807, 2.05) is 5.38 Å². The Morgan fingerprint density at radius 2 is 2.43 bits per heavy atom. The van der Waals surface area contributed by atoms with Crippen molar-refractivity contribution in [2.75, 3.05) is 0 Å². The summed E-state index contributed by atoms with van der Waals surface area (Å²) in [5.74, 6) is -1.19. The number of aromatic nitrogens is 1. The number of carbonyl (C=O) groups is 1. The lowest BCUT2D eigenvalue weighted by Crippen LogP contribution is -2.48. The molecule has 0 spiro atoms. The van der Waals surface area contributed by atoms with Crippen molar-refractivity contribution in [2.45, 2.75) is 24.9 Å². The van der Waals surface area contributed by atoms with E-state index >= 15 is 0 Å². The Labute approximate surface area is 85.2 Å². The van der Waals surface area contributed by atoms with Crippen LogP contribution in [0.3, 0.4) is 0 Å². The summed E-state index contributed by atoms with van der Waals surface area (Å²) in [4.78, 5) is 14.6. The minimum Gasteiger partial charge on any atom is -0.481 e. The van der Waals surface area contributed by atoms with Gasteiger partial charge in [-0.25, -0.2) is 4.98 Å². The number of hydrogen-bond donors (Lipinski definition) is 2. The monoisotopic (exact) mass is 213 g/mol. The largest absolute Gasteiger partial charge is 0.481 e. The van der Waals surface area contributed by atoms with Gasteiger partial charge in [-0.2, -0.15) is 0 Å². The highest BCUT2D eigenvalue weighted by atomic mass is 32.1. The summed E-state index contributed by atoms with van der Waals surface area (Å²) in [5, 5.41) is 21.3. The van der Waals surface area contributed by atoms with Crippen LogP contribution in [0, 0.1) is 5.92 Å². The molecular formula is C9H11NO3S. The zero-order valence-electron chi connectivity index (χ0n) is 7.51. The predicted octanol–water partition coefficient (Wildman–Crippen LogP) is 0.911. The first kappa shape index (κ1) is 9.61. The number of aliphatic hydroxyl groups is 1. The number of carboxylic acids is 1. The van der Waals surface area contributed by atoms with Crippen molar-refractivity contribution in [2.24, 2.45) is 5.92 Å². The van der Waals surface area contributed by atoms with Crippen molar-refractivity contribution in [1.82, 2.24) is 4.98 Å². The Balaban J connectivity index is 1.92. The van der Waals surface area contributed by atoms with Crippen molar-refractivity contribution in [3.8, 4) is 0 Å². The summed E-state index contributed by atoms with van der Waals surface area (Å²) in [6.45, 7) is 0. The molecule has 0 amide bonds. The summed E-state index contributed by atoms with van der Waals surface area (Å²) >= 11 is 1.49. The van der Waals surface area contributed by atoms with Crippen LogP contribution < -0.4 is 0 Å². The number of carboxylic acid groups (broad SMARTS) is 1. The molecule has 0 atom stereocenters. The molecule has 2 rings (SSSR count). The predicted molar refractivity (Wildman–Crippen MR) is 51.1 cm³/mol. The van der Waals surface area contributed by atoms with Gasteiger partial charge in [0.2, 0.25) is 0 Å². The summed E-state index contributed by atoms with van der Waals surface area (Å²) in [5.41, 5.74) is -0.832. The maximum atomic E-state index is 10.5. The molecule has 1 saturated carbocycles. The Morgan fingerprint density at radius 1 is 1.71 bits per heavy atom. The van der Waals surface area contributed by atoms with Crippen molar-refractivity contribution in [3.63, 3.8) is 0 Å². The topological polar surface area (TPSA) is 70.4 Å². The summed E-state index contributed by atoms with van der Waals surface area (Å²) in [6, 6.07) is 0. The Hall–Kier alpha value is -0.940. The first-order valence-corrected chi connectivity index (χ1v) is 5.31. The van der Waals surface area contributed by atoms with Crippen LogP contribution >= 0.6 is 11.3 Å². The third kappa shape index (κ3) is 1.78. The lowest BCUT2D eigenvalue weighted by Gasteiger charge is -2.40. The van der Waals surface area contributed by atoms with E-state index in [2.05, 4.69) is 4.98 Å². The molecule has 0 bridgehead atoms. The van der Waals surface area contributed by atoms with E-state index in [0.717, 1.165) is 5.01 Å². The van der Waals surface area contributed by atoms with E-state index in [9.17, 15) is 9.90 Å². The maximum absolute atomic E-state index is 10.5. The average molecular weight is 213 g/mol. The molecule has 1 fully saturated rings. The third-order valence-electron chi connectivity index (χ3n) is 2.57. The van der Waals surface area contributed by atoms with Crippen molar-refractivity contribution in [3.05, 3.63) is 16.6 Å². The van der Waals surface area contributed by atoms with Crippen LogP contribution in [0.25, 0.3) is 0 Å². The van der Waals surface area contributed by atoms with Crippen LogP contribution in [0.4, 0.5) is 0 Å². The van der Waals surface area contributed by atoms with Crippen LogP contribution in [-0.4, -0.2) is 26.8 Å². The number of aliphatic carboxylic acids is 1. The van der Waals surface area contributed by atoms with E-state index in [1.165, 1.54) is 11.3 Å². The lowest BCUT2D eigenvalue weighted by atomic mass is 9.69. The highest BCUT2D eigenvalue weighted by molar-refractivity contribution is 7.09. The fourth-order valence-electron chi connectivity index (χ4n) is 1.80. The van der Waals surface area contributed by atoms with Gasteiger partial charge in [0.15, 0.2) is 0 Å². The molecule has 0 aromatic carbocycles. The fourth-order valence-corrected chi connectivity index (χ4v) is 2.55. The molecule has 14 heavy (non-hydrogen) atoms. The second-order valence-electron chi connectivity index (χ2n) is 3.77. The van der Waals surface area contributed by atoms with E-state index < -0.39 is 11.6 Å². The zero-order chi connectivity index (χ0) is 10.2. The Morgan fingerprint density at radius 3 is 2.93 bits per heavy atom. The highest BCUT2D eigenvalue weighted by Crippen LogP contribution is 2.40. The normalized spacial score (nSPS) is 31.1. The van der Waals surface area contributed by atoms with Gasteiger partial charge < -0.3 is 10.2 Å². The number of hydrogen-bond acceptors (Lipinski definition) is 4. The van der Waals surface area contributed by atoms with Crippen LogP contribution in [0.5, 0.6) is 0 Å². The molecule has 1 aliphatic carbocycles. The van der Waals surface area contributed by atoms with Gasteiger partial charge in [0.05, 0.1) is 16.5 Å². The summed E-state index contributed by atoms with van der Waals surface area (Å²) in [7, 11) is 0. The minimum absolute atomic E-state index is 0.349. The van der Waals surface area contributed by atoms with Gasteiger partial charge in [-0.3, -0.25) is 4.79 Å². The smallest absolute Gasteiger partial charge is 0.306 e. The van der Waals surface area contributed by atoms with Gasteiger partial charge in [-0.05, 0) is 12.8 Å². The quantitative estimate of drug-likeness (QED) is 0.783. The van der Waals surface area contributed by atoms with Crippen LogP contribution in [0.1, 0.15) is 17.8 Å². The molecule has 1 heterocycles. The van der Waals surface area contributed by atoms with E-state index in [4.69, 9.17) is 5.11 Å². The molecule has 4 nitrogen and oxygen atoms in total. The molecule has 76 valence electrons. The third-order valence-corrected chi connectivity index (χ3v) is 3.35. The summed E-state index contributed by atoms with van der Waals surface area (Å²) < 4.78 is 0.